The van der Waals surface area contributed by atoms with E-state index in [0.29, 0.717) is 12.2 Å². The zero-order valence-corrected chi connectivity index (χ0v) is 15.0. The second kappa shape index (κ2) is 9.20. The van der Waals surface area contributed by atoms with E-state index in [1.807, 2.05) is 66.7 Å². The van der Waals surface area contributed by atoms with Crippen molar-refractivity contribution < 1.29 is 14.3 Å². The maximum absolute atomic E-state index is 11.4. The Morgan fingerprint density at radius 1 is 1.00 bits per heavy atom. The molecule has 5 nitrogen and oxygen atoms in total. The smallest absolute Gasteiger partial charge is 0.337 e. The van der Waals surface area contributed by atoms with Gasteiger partial charge in [0.2, 0.25) is 0 Å². The summed E-state index contributed by atoms with van der Waals surface area (Å²) < 4.78 is 10.5. The molecule has 3 rings (SSSR count). The van der Waals surface area contributed by atoms with E-state index in [1.54, 1.807) is 18.3 Å². The molecule has 0 aromatic heterocycles. The van der Waals surface area contributed by atoms with E-state index < -0.39 is 0 Å². The second-order valence-electron chi connectivity index (χ2n) is 5.79. The Hall–Kier alpha value is -3.60. The van der Waals surface area contributed by atoms with E-state index in [9.17, 15) is 4.79 Å². The summed E-state index contributed by atoms with van der Waals surface area (Å²) in [5, 5.41) is 4.23. The van der Waals surface area contributed by atoms with E-state index in [0.717, 1.165) is 22.6 Å². The highest BCUT2D eigenvalue weighted by molar-refractivity contribution is 5.89. The molecule has 0 atom stereocenters. The Kier molecular flexibility index (Phi) is 6.20. The molecule has 0 aliphatic carbocycles. The summed E-state index contributed by atoms with van der Waals surface area (Å²) in [6.45, 7) is 0.407. The first-order valence-electron chi connectivity index (χ1n) is 8.49. The minimum atomic E-state index is -0.349. The molecule has 0 saturated carbocycles. The minimum Gasteiger partial charge on any atom is -0.489 e. The molecule has 0 fully saturated rings. The first-order valence-corrected chi connectivity index (χ1v) is 8.49. The van der Waals surface area contributed by atoms with Crippen molar-refractivity contribution in [3.05, 3.63) is 95.6 Å². The number of nitrogens with one attached hydrogen (secondary N) is 1. The molecule has 27 heavy (non-hydrogen) atoms. The van der Waals surface area contributed by atoms with Gasteiger partial charge in [-0.25, -0.2) is 4.79 Å². The summed E-state index contributed by atoms with van der Waals surface area (Å²) >= 11 is 0. The highest BCUT2D eigenvalue weighted by Gasteiger charge is 2.04. The zero-order chi connectivity index (χ0) is 18.9. The van der Waals surface area contributed by atoms with E-state index in [1.165, 1.54) is 7.11 Å². The molecule has 0 heterocycles. The lowest BCUT2D eigenvalue weighted by atomic mass is 10.1. The van der Waals surface area contributed by atoms with Gasteiger partial charge in [0.25, 0.3) is 0 Å². The van der Waals surface area contributed by atoms with Crippen molar-refractivity contribution in [2.75, 3.05) is 12.5 Å². The molecule has 0 aliphatic heterocycles. The van der Waals surface area contributed by atoms with Gasteiger partial charge in [-0.3, -0.25) is 5.43 Å². The topological polar surface area (TPSA) is 59.9 Å². The quantitative estimate of drug-likeness (QED) is 0.383. The van der Waals surface area contributed by atoms with Crippen molar-refractivity contribution in [2.45, 2.75) is 6.61 Å². The fourth-order valence-corrected chi connectivity index (χ4v) is 2.40. The van der Waals surface area contributed by atoms with Gasteiger partial charge in [0.1, 0.15) is 12.4 Å². The molecule has 3 aromatic carbocycles. The lowest BCUT2D eigenvalue weighted by Crippen LogP contribution is -2.02. The van der Waals surface area contributed by atoms with Crippen LogP contribution in [0.15, 0.2) is 84.0 Å². The Labute approximate surface area is 158 Å². The monoisotopic (exact) mass is 360 g/mol. The highest BCUT2D eigenvalue weighted by atomic mass is 16.5. The number of para-hydroxylation sites is 1. The first kappa shape index (κ1) is 18.2. The summed E-state index contributed by atoms with van der Waals surface area (Å²) in [6.07, 6.45) is 1.74. The van der Waals surface area contributed by atoms with Gasteiger partial charge in [0.15, 0.2) is 0 Å². The molecule has 136 valence electrons. The van der Waals surface area contributed by atoms with Crippen LogP contribution in [-0.2, 0) is 11.3 Å². The molecule has 0 bridgehead atoms. The summed E-state index contributed by atoms with van der Waals surface area (Å²) in [7, 11) is 1.37. The Bertz CT molecular complexity index is 906. The molecule has 1 N–H and O–H groups in total. The third-order valence-electron chi connectivity index (χ3n) is 3.82. The fraction of sp³-hybridized carbons (Fsp3) is 0.0909. The molecule has 0 aliphatic rings. The van der Waals surface area contributed by atoms with Crippen LogP contribution in [0.3, 0.4) is 0 Å². The van der Waals surface area contributed by atoms with Gasteiger partial charge < -0.3 is 9.47 Å². The molecule has 0 amide bonds. The van der Waals surface area contributed by atoms with E-state index in [2.05, 4.69) is 10.5 Å². The number of methoxy groups -OCH3 is 1. The van der Waals surface area contributed by atoms with E-state index in [4.69, 9.17) is 9.47 Å². The van der Waals surface area contributed by atoms with Crippen LogP contribution in [-0.4, -0.2) is 19.3 Å². The van der Waals surface area contributed by atoms with Crippen LogP contribution < -0.4 is 10.2 Å². The molecule has 3 aromatic rings. The molecule has 0 radical (unpaired) electrons. The van der Waals surface area contributed by atoms with Gasteiger partial charge in [-0.05, 0) is 47.5 Å². The standard InChI is InChI=1S/C22H20N2O3/c1-26-22(25)19-12-10-17(11-13-19)16-27-21-9-5-6-18(14-21)15-23-24-20-7-3-2-4-8-20/h2-15,24H,16H2,1H3. The first-order chi connectivity index (χ1) is 13.2. The SMILES string of the molecule is COC(=O)c1ccc(COc2cccc(C=NNc3ccccc3)c2)cc1. The molecular weight excluding hydrogens is 340 g/mol. The van der Waals surface area contributed by atoms with Gasteiger partial charge in [0, 0.05) is 0 Å². The number of nitrogens with zero attached hydrogens (tertiary/aromatic N) is 1. The summed E-state index contributed by atoms with van der Waals surface area (Å²) in [6, 6.07) is 24.6. The average molecular weight is 360 g/mol. The second-order valence-corrected chi connectivity index (χ2v) is 5.79. The number of benzene rings is 3. The summed E-state index contributed by atoms with van der Waals surface area (Å²) in [4.78, 5) is 11.4. The number of hydrazone groups is 1. The van der Waals surface area contributed by atoms with Crippen molar-refractivity contribution in [2.24, 2.45) is 5.10 Å². The van der Waals surface area contributed by atoms with Crippen molar-refractivity contribution in [1.29, 1.82) is 0 Å². The van der Waals surface area contributed by atoms with E-state index in [-0.39, 0.29) is 5.97 Å². The van der Waals surface area contributed by atoms with E-state index >= 15 is 0 Å². The van der Waals surface area contributed by atoms with Crippen LogP contribution >= 0.6 is 0 Å². The predicted molar refractivity (Wildman–Crippen MR) is 106 cm³/mol. The van der Waals surface area contributed by atoms with Crippen LogP contribution in [0.5, 0.6) is 5.75 Å². The molecule has 5 heteroatoms. The largest absolute Gasteiger partial charge is 0.489 e. The summed E-state index contributed by atoms with van der Waals surface area (Å²) in [5.74, 6) is 0.397. The number of esters is 1. The number of hydrogen-bond acceptors (Lipinski definition) is 5. The fourth-order valence-electron chi connectivity index (χ4n) is 2.40. The lowest BCUT2D eigenvalue weighted by molar-refractivity contribution is 0.0600. The van der Waals surface area contributed by atoms with Crippen LogP contribution in [0.4, 0.5) is 5.69 Å². The number of hydrogen-bond donors (Lipinski definition) is 1. The number of carbonyl (C=O) groups excluding carboxylic acids is 1. The van der Waals surface area contributed by atoms with Gasteiger partial charge >= 0.3 is 5.97 Å². The van der Waals surface area contributed by atoms with Crippen molar-refractivity contribution >= 4 is 17.9 Å². The number of rotatable bonds is 7. The molecule has 0 spiro atoms. The predicted octanol–water partition coefficient (Wildman–Crippen LogP) is 4.50. The lowest BCUT2D eigenvalue weighted by Gasteiger charge is -2.07. The molecule has 0 saturated heterocycles. The third kappa shape index (κ3) is 5.44. The van der Waals surface area contributed by atoms with Crippen molar-refractivity contribution in [3.8, 4) is 5.75 Å². The highest BCUT2D eigenvalue weighted by Crippen LogP contribution is 2.15. The van der Waals surface area contributed by atoms with Gasteiger partial charge in [-0.15, -0.1) is 0 Å². The number of carbonyl (C=O) groups is 1. The van der Waals surface area contributed by atoms with Gasteiger partial charge in [0.05, 0.1) is 24.6 Å². The minimum absolute atomic E-state index is 0.349. The normalized spacial score (nSPS) is 10.6. The Balaban J connectivity index is 1.56. The van der Waals surface area contributed by atoms with Gasteiger partial charge in [-0.2, -0.15) is 5.10 Å². The molecule has 0 unspecified atom stereocenters. The molecular formula is C22H20N2O3. The Morgan fingerprint density at radius 2 is 1.78 bits per heavy atom. The van der Waals surface area contributed by atoms with Crippen LogP contribution in [0.1, 0.15) is 21.5 Å². The van der Waals surface area contributed by atoms with Crippen LogP contribution in [0.2, 0.25) is 0 Å². The maximum Gasteiger partial charge on any atom is 0.337 e. The number of ether oxygens (including phenoxy) is 2. The summed E-state index contributed by atoms with van der Waals surface area (Å²) in [5.41, 5.74) is 6.32. The van der Waals surface area contributed by atoms with Gasteiger partial charge in [-0.1, -0.05) is 42.5 Å². The zero-order valence-electron chi connectivity index (χ0n) is 15.0. The van der Waals surface area contributed by atoms with Crippen LogP contribution in [0, 0.1) is 0 Å². The maximum atomic E-state index is 11.4. The Morgan fingerprint density at radius 3 is 2.52 bits per heavy atom. The van der Waals surface area contributed by atoms with Crippen LogP contribution in [0.25, 0.3) is 0 Å². The van der Waals surface area contributed by atoms with Crippen molar-refractivity contribution in [1.82, 2.24) is 0 Å². The van der Waals surface area contributed by atoms with Crippen molar-refractivity contribution in [3.63, 3.8) is 0 Å². The third-order valence-corrected chi connectivity index (χ3v) is 3.82. The number of anilines is 1. The average Bonchev–Trinajstić information content (AvgIpc) is 2.73.